The molecule has 0 aliphatic carbocycles. The fourth-order valence-corrected chi connectivity index (χ4v) is 1.81. The van der Waals surface area contributed by atoms with Crippen LogP contribution in [0.2, 0.25) is 0 Å². The summed E-state index contributed by atoms with van der Waals surface area (Å²) in [7, 11) is 3.23. The molecule has 0 aliphatic rings. The Hall–Kier alpha value is -1.50. The zero-order valence-corrected chi connectivity index (χ0v) is 11.8. The minimum atomic E-state index is -0.635. The van der Waals surface area contributed by atoms with Gasteiger partial charge in [-0.1, -0.05) is 18.2 Å². The summed E-state index contributed by atoms with van der Waals surface area (Å²) in [5.41, 5.74) is 0.447. The number of amides is 1. The van der Waals surface area contributed by atoms with Crippen LogP contribution in [0.25, 0.3) is 0 Å². The van der Waals surface area contributed by atoms with Crippen molar-refractivity contribution in [3.05, 3.63) is 35.6 Å². The molecule has 1 aromatic rings. The Morgan fingerprint density at radius 3 is 2.85 bits per heavy atom. The second-order valence-electron chi connectivity index (χ2n) is 4.67. The lowest BCUT2D eigenvalue weighted by atomic mass is 10.2. The van der Waals surface area contributed by atoms with Crippen molar-refractivity contribution < 1.29 is 19.0 Å². The number of carbonyl (C=O) groups excluding carboxylic acids is 1. The zero-order chi connectivity index (χ0) is 15.0. The first-order valence-corrected chi connectivity index (χ1v) is 6.38. The molecule has 20 heavy (non-hydrogen) atoms. The molecule has 0 heterocycles. The van der Waals surface area contributed by atoms with Gasteiger partial charge in [-0.05, 0) is 13.1 Å². The van der Waals surface area contributed by atoms with Gasteiger partial charge < -0.3 is 15.2 Å². The van der Waals surface area contributed by atoms with Gasteiger partial charge >= 0.3 is 0 Å². The number of hydrogen-bond acceptors (Lipinski definition) is 4. The molecule has 5 nitrogen and oxygen atoms in total. The van der Waals surface area contributed by atoms with Crippen LogP contribution >= 0.6 is 0 Å². The number of nitrogens with zero attached hydrogens (tertiary/aromatic N) is 1. The van der Waals surface area contributed by atoms with Crippen molar-refractivity contribution in [2.75, 3.05) is 33.9 Å². The van der Waals surface area contributed by atoms with Crippen molar-refractivity contribution in [2.45, 2.75) is 12.6 Å². The highest BCUT2D eigenvalue weighted by atomic mass is 19.1. The SMILES string of the molecule is COCC(O)CN(C)CC(=O)NCc1ccccc1F. The number of carbonyl (C=O) groups is 1. The summed E-state index contributed by atoms with van der Waals surface area (Å²) < 4.78 is 18.2. The molecule has 0 aliphatic heterocycles. The summed E-state index contributed by atoms with van der Waals surface area (Å²) in [6.07, 6.45) is -0.635. The third-order valence-electron chi connectivity index (χ3n) is 2.73. The highest BCUT2D eigenvalue weighted by molar-refractivity contribution is 5.77. The molecule has 0 radical (unpaired) electrons. The van der Waals surface area contributed by atoms with Gasteiger partial charge in [-0.2, -0.15) is 0 Å². The third kappa shape index (κ3) is 6.10. The lowest BCUT2D eigenvalue weighted by molar-refractivity contribution is -0.122. The fraction of sp³-hybridized carbons (Fsp3) is 0.500. The first kappa shape index (κ1) is 16.6. The smallest absolute Gasteiger partial charge is 0.234 e. The van der Waals surface area contributed by atoms with Crippen LogP contribution < -0.4 is 5.32 Å². The van der Waals surface area contributed by atoms with Gasteiger partial charge in [0.1, 0.15) is 5.82 Å². The number of hydrogen-bond donors (Lipinski definition) is 2. The van der Waals surface area contributed by atoms with Gasteiger partial charge in [-0.25, -0.2) is 4.39 Å². The van der Waals surface area contributed by atoms with Crippen molar-refractivity contribution in [3.63, 3.8) is 0 Å². The van der Waals surface area contributed by atoms with Crippen LogP contribution in [-0.2, 0) is 16.1 Å². The average Bonchev–Trinajstić information content (AvgIpc) is 2.37. The van der Waals surface area contributed by atoms with Crippen LogP contribution in [0, 0.1) is 5.82 Å². The Labute approximate surface area is 118 Å². The fourth-order valence-electron chi connectivity index (χ4n) is 1.81. The molecule has 2 N–H and O–H groups in total. The van der Waals surface area contributed by atoms with E-state index in [0.29, 0.717) is 12.1 Å². The molecule has 0 aromatic heterocycles. The molecule has 1 unspecified atom stereocenters. The molecular weight excluding hydrogens is 263 g/mol. The number of benzene rings is 1. The summed E-state index contributed by atoms with van der Waals surface area (Å²) in [4.78, 5) is 13.4. The van der Waals surface area contributed by atoms with Crippen LogP contribution in [0.4, 0.5) is 4.39 Å². The van der Waals surface area contributed by atoms with E-state index < -0.39 is 6.10 Å². The van der Waals surface area contributed by atoms with Crippen molar-refractivity contribution in [2.24, 2.45) is 0 Å². The number of aliphatic hydroxyl groups excluding tert-OH is 1. The number of halogens is 1. The molecule has 6 heteroatoms. The summed E-state index contributed by atoms with van der Waals surface area (Å²) >= 11 is 0. The quantitative estimate of drug-likeness (QED) is 0.724. The summed E-state index contributed by atoms with van der Waals surface area (Å²) in [5, 5.41) is 12.2. The maximum atomic E-state index is 13.4. The number of methoxy groups -OCH3 is 1. The Kier molecular flexibility index (Phi) is 7.14. The second kappa shape index (κ2) is 8.63. The van der Waals surface area contributed by atoms with Gasteiger partial charge in [0.25, 0.3) is 0 Å². The minimum absolute atomic E-state index is 0.134. The normalized spacial score (nSPS) is 12.4. The van der Waals surface area contributed by atoms with E-state index in [4.69, 9.17) is 4.74 Å². The lowest BCUT2D eigenvalue weighted by Gasteiger charge is -2.19. The van der Waals surface area contributed by atoms with Crippen LogP contribution in [0.1, 0.15) is 5.56 Å². The van der Waals surface area contributed by atoms with Gasteiger partial charge in [0.2, 0.25) is 5.91 Å². The Bertz CT molecular complexity index is 429. The highest BCUT2D eigenvalue weighted by Crippen LogP contribution is 2.05. The number of rotatable bonds is 8. The Morgan fingerprint density at radius 2 is 2.20 bits per heavy atom. The summed E-state index contributed by atoms with van der Waals surface area (Å²) in [5.74, 6) is -0.558. The van der Waals surface area contributed by atoms with Crippen molar-refractivity contribution in [3.8, 4) is 0 Å². The number of likely N-dealkylation sites (N-methyl/N-ethyl adjacent to an activating group) is 1. The van der Waals surface area contributed by atoms with Crippen molar-refractivity contribution >= 4 is 5.91 Å². The second-order valence-corrected chi connectivity index (χ2v) is 4.67. The summed E-state index contributed by atoms with van der Waals surface area (Å²) in [6.45, 7) is 0.845. The van der Waals surface area contributed by atoms with Crippen LogP contribution in [0.15, 0.2) is 24.3 Å². The molecular formula is C14H21FN2O3. The van der Waals surface area contributed by atoms with E-state index in [-0.39, 0.29) is 31.4 Å². The maximum absolute atomic E-state index is 13.4. The molecule has 0 saturated carbocycles. The van der Waals surface area contributed by atoms with Crippen molar-refractivity contribution in [1.82, 2.24) is 10.2 Å². The zero-order valence-electron chi connectivity index (χ0n) is 11.8. The molecule has 0 saturated heterocycles. The molecule has 0 bridgehead atoms. The molecule has 1 amide bonds. The monoisotopic (exact) mass is 284 g/mol. The standard InChI is InChI=1S/C14H21FN2O3/c1-17(8-12(18)10-20-2)9-14(19)16-7-11-5-3-4-6-13(11)15/h3-6,12,18H,7-10H2,1-2H3,(H,16,19). The first-order chi connectivity index (χ1) is 9.52. The topological polar surface area (TPSA) is 61.8 Å². The first-order valence-electron chi connectivity index (χ1n) is 6.38. The van der Waals surface area contributed by atoms with E-state index >= 15 is 0 Å². The van der Waals surface area contributed by atoms with Gasteiger partial charge in [0, 0.05) is 25.8 Å². The van der Waals surface area contributed by atoms with E-state index in [9.17, 15) is 14.3 Å². The largest absolute Gasteiger partial charge is 0.389 e. The molecule has 0 spiro atoms. The van der Waals surface area contributed by atoms with Crippen LogP contribution in [0.5, 0.6) is 0 Å². The van der Waals surface area contributed by atoms with Crippen LogP contribution in [0.3, 0.4) is 0 Å². The van der Waals surface area contributed by atoms with Crippen molar-refractivity contribution in [1.29, 1.82) is 0 Å². The lowest BCUT2D eigenvalue weighted by Crippen LogP contribution is -2.39. The predicted molar refractivity (Wildman–Crippen MR) is 73.6 cm³/mol. The van der Waals surface area contributed by atoms with E-state index in [1.54, 1.807) is 30.1 Å². The molecule has 0 fully saturated rings. The van der Waals surface area contributed by atoms with Gasteiger partial charge in [0.05, 0.1) is 19.3 Å². The molecule has 1 atom stereocenters. The van der Waals surface area contributed by atoms with Gasteiger partial charge in [-0.15, -0.1) is 0 Å². The van der Waals surface area contributed by atoms with Gasteiger partial charge in [-0.3, -0.25) is 9.69 Å². The highest BCUT2D eigenvalue weighted by Gasteiger charge is 2.11. The molecule has 1 rings (SSSR count). The molecule has 1 aromatic carbocycles. The predicted octanol–water partition coefficient (Wildman–Crippen LogP) is 0.381. The van der Waals surface area contributed by atoms with E-state index in [1.807, 2.05) is 0 Å². The number of aliphatic hydroxyl groups is 1. The Balaban J connectivity index is 2.31. The van der Waals surface area contributed by atoms with E-state index in [2.05, 4.69) is 5.32 Å². The summed E-state index contributed by atoms with van der Waals surface area (Å²) in [6, 6.07) is 6.31. The minimum Gasteiger partial charge on any atom is -0.389 e. The Morgan fingerprint density at radius 1 is 1.50 bits per heavy atom. The van der Waals surface area contributed by atoms with E-state index in [0.717, 1.165) is 0 Å². The van der Waals surface area contributed by atoms with Gasteiger partial charge in [0.15, 0.2) is 0 Å². The molecule has 112 valence electrons. The van der Waals surface area contributed by atoms with E-state index in [1.165, 1.54) is 13.2 Å². The number of ether oxygens (including phenoxy) is 1. The van der Waals surface area contributed by atoms with Crippen LogP contribution in [-0.4, -0.2) is 55.9 Å². The number of nitrogens with one attached hydrogen (secondary N) is 1. The third-order valence-corrected chi connectivity index (χ3v) is 2.73. The average molecular weight is 284 g/mol. The maximum Gasteiger partial charge on any atom is 0.234 e.